The van der Waals surface area contributed by atoms with Crippen molar-refractivity contribution in [3.8, 4) is 0 Å². The van der Waals surface area contributed by atoms with Gasteiger partial charge in [0.15, 0.2) is 0 Å². The number of carbonyl (C=O) groups is 1. The second-order valence-electron chi connectivity index (χ2n) is 4.42. The summed E-state index contributed by atoms with van der Waals surface area (Å²) in [5.41, 5.74) is 2.12. The van der Waals surface area contributed by atoms with Crippen LogP contribution in [0.5, 0.6) is 0 Å². The van der Waals surface area contributed by atoms with E-state index in [1.54, 1.807) is 24.4 Å². The summed E-state index contributed by atoms with van der Waals surface area (Å²) in [7, 11) is 0. The SMILES string of the molecule is O=C(Nc1cccc(S)c1)c1ccc2cccnc2c1. The normalized spacial score (nSPS) is 10.4. The lowest BCUT2D eigenvalue weighted by Crippen LogP contribution is -2.11. The number of fused-ring (bicyclic) bond motifs is 1. The molecule has 3 aromatic rings. The van der Waals surface area contributed by atoms with E-state index in [4.69, 9.17) is 0 Å². The molecule has 0 aliphatic carbocycles. The number of nitrogens with one attached hydrogen (secondary N) is 1. The summed E-state index contributed by atoms with van der Waals surface area (Å²) >= 11 is 4.25. The van der Waals surface area contributed by atoms with Crippen LogP contribution in [0, 0.1) is 0 Å². The lowest BCUT2D eigenvalue weighted by atomic mass is 10.1. The fraction of sp³-hybridized carbons (Fsp3) is 0. The first-order chi connectivity index (χ1) is 9.72. The molecule has 3 nitrogen and oxygen atoms in total. The van der Waals surface area contributed by atoms with E-state index in [2.05, 4.69) is 22.9 Å². The third kappa shape index (κ3) is 2.65. The maximum Gasteiger partial charge on any atom is 0.255 e. The minimum atomic E-state index is -0.156. The zero-order valence-electron chi connectivity index (χ0n) is 10.6. The monoisotopic (exact) mass is 280 g/mol. The van der Waals surface area contributed by atoms with Gasteiger partial charge in [0.25, 0.3) is 5.91 Å². The van der Waals surface area contributed by atoms with Crippen molar-refractivity contribution in [1.29, 1.82) is 0 Å². The molecule has 0 saturated carbocycles. The van der Waals surface area contributed by atoms with E-state index < -0.39 is 0 Å². The Morgan fingerprint density at radius 3 is 2.80 bits per heavy atom. The second kappa shape index (κ2) is 5.35. The number of carbonyl (C=O) groups excluding carboxylic acids is 1. The number of aromatic nitrogens is 1. The minimum Gasteiger partial charge on any atom is -0.322 e. The minimum absolute atomic E-state index is 0.156. The van der Waals surface area contributed by atoms with Crippen LogP contribution < -0.4 is 5.32 Å². The van der Waals surface area contributed by atoms with Gasteiger partial charge in [0.05, 0.1) is 5.52 Å². The zero-order valence-corrected chi connectivity index (χ0v) is 11.5. The second-order valence-corrected chi connectivity index (χ2v) is 4.93. The maximum absolute atomic E-state index is 12.2. The van der Waals surface area contributed by atoms with Crippen LogP contribution in [0.1, 0.15) is 10.4 Å². The number of hydrogen-bond acceptors (Lipinski definition) is 3. The van der Waals surface area contributed by atoms with E-state index in [0.29, 0.717) is 5.56 Å². The van der Waals surface area contributed by atoms with Crippen LogP contribution in [0.3, 0.4) is 0 Å². The Kier molecular flexibility index (Phi) is 3.39. The van der Waals surface area contributed by atoms with E-state index >= 15 is 0 Å². The van der Waals surface area contributed by atoms with Gasteiger partial charge in [0, 0.05) is 27.7 Å². The fourth-order valence-electron chi connectivity index (χ4n) is 1.99. The lowest BCUT2D eigenvalue weighted by molar-refractivity contribution is 0.102. The Morgan fingerprint density at radius 1 is 1.05 bits per heavy atom. The number of amides is 1. The highest BCUT2D eigenvalue weighted by molar-refractivity contribution is 7.80. The molecule has 1 heterocycles. The number of rotatable bonds is 2. The predicted molar refractivity (Wildman–Crippen MR) is 83.4 cm³/mol. The standard InChI is InChI=1S/C16H12N2OS/c19-16(18-13-4-1-5-14(20)10-13)12-7-6-11-3-2-8-17-15(11)9-12/h1-10,20H,(H,18,19). The number of anilines is 1. The van der Waals surface area contributed by atoms with Gasteiger partial charge in [-0.2, -0.15) is 0 Å². The van der Waals surface area contributed by atoms with Crippen molar-refractivity contribution < 1.29 is 4.79 Å². The molecule has 0 fully saturated rings. The first kappa shape index (κ1) is 12.7. The third-order valence-corrected chi connectivity index (χ3v) is 3.25. The van der Waals surface area contributed by atoms with E-state index in [1.165, 1.54) is 0 Å². The van der Waals surface area contributed by atoms with Crippen molar-refractivity contribution in [3.05, 3.63) is 66.4 Å². The van der Waals surface area contributed by atoms with Gasteiger partial charge in [0.1, 0.15) is 0 Å². The van der Waals surface area contributed by atoms with E-state index in [0.717, 1.165) is 21.5 Å². The average molecular weight is 280 g/mol. The number of pyridine rings is 1. The molecule has 0 saturated heterocycles. The predicted octanol–water partition coefficient (Wildman–Crippen LogP) is 3.78. The quantitative estimate of drug-likeness (QED) is 0.702. The molecule has 20 heavy (non-hydrogen) atoms. The van der Waals surface area contributed by atoms with Crippen LogP contribution in [-0.2, 0) is 0 Å². The molecule has 0 aliphatic rings. The Labute approximate surface area is 122 Å². The molecule has 98 valence electrons. The summed E-state index contributed by atoms with van der Waals surface area (Å²) in [4.78, 5) is 17.3. The van der Waals surface area contributed by atoms with Gasteiger partial charge in [-0.05, 0) is 36.4 Å². The Bertz CT molecular complexity index is 786. The number of thiol groups is 1. The molecule has 1 aromatic heterocycles. The van der Waals surface area contributed by atoms with Crippen molar-refractivity contribution in [3.63, 3.8) is 0 Å². The van der Waals surface area contributed by atoms with Gasteiger partial charge in [-0.25, -0.2) is 0 Å². The van der Waals surface area contributed by atoms with Crippen molar-refractivity contribution in [2.75, 3.05) is 5.32 Å². The molecule has 0 bridgehead atoms. The van der Waals surface area contributed by atoms with E-state index in [9.17, 15) is 4.79 Å². The summed E-state index contributed by atoms with van der Waals surface area (Å²) in [5.74, 6) is -0.156. The van der Waals surface area contributed by atoms with Crippen LogP contribution >= 0.6 is 12.6 Å². The lowest BCUT2D eigenvalue weighted by Gasteiger charge is -2.06. The summed E-state index contributed by atoms with van der Waals surface area (Å²) in [6.07, 6.45) is 1.72. The van der Waals surface area contributed by atoms with Gasteiger partial charge in [-0.3, -0.25) is 9.78 Å². The molecule has 1 N–H and O–H groups in total. The van der Waals surface area contributed by atoms with Gasteiger partial charge in [-0.15, -0.1) is 12.6 Å². The van der Waals surface area contributed by atoms with Gasteiger partial charge in [-0.1, -0.05) is 18.2 Å². The molecule has 2 aromatic carbocycles. The van der Waals surface area contributed by atoms with Crippen LogP contribution in [0.15, 0.2) is 65.7 Å². The maximum atomic E-state index is 12.2. The number of nitrogens with zero attached hydrogens (tertiary/aromatic N) is 1. The molecular weight excluding hydrogens is 268 g/mol. The molecule has 0 aliphatic heterocycles. The van der Waals surface area contributed by atoms with Gasteiger partial charge < -0.3 is 5.32 Å². The molecule has 4 heteroatoms. The topological polar surface area (TPSA) is 42.0 Å². The molecule has 0 atom stereocenters. The largest absolute Gasteiger partial charge is 0.322 e. The molecule has 3 rings (SSSR count). The van der Waals surface area contributed by atoms with Crippen molar-refractivity contribution >= 4 is 35.1 Å². The Hall–Kier alpha value is -2.33. The van der Waals surface area contributed by atoms with Crippen LogP contribution in [0.4, 0.5) is 5.69 Å². The summed E-state index contributed by atoms with van der Waals surface area (Å²) in [6, 6.07) is 16.7. The van der Waals surface area contributed by atoms with Crippen molar-refractivity contribution in [2.24, 2.45) is 0 Å². The first-order valence-corrected chi connectivity index (χ1v) is 6.62. The highest BCUT2D eigenvalue weighted by Crippen LogP contribution is 2.17. The summed E-state index contributed by atoms with van der Waals surface area (Å²) < 4.78 is 0. The van der Waals surface area contributed by atoms with Crippen LogP contribution in [-0.4, -0.2) is 10.9 Å². The number of benzene rings is 2. The van der Waals surface area contributed by atoms with Gasteiger partial charge in [0.2, 0.25) is 0 Å². The first-order valence-electron chi connectivity index (χ1n) is 6.17. The fourth-order valence-corrected chi connectivity index (χ4v) is 2.22. The molecule has 0 unspecified atom stereocenters. The summed E-state index contributed by atoms with van der Waals surface area (Å²) in [6.45, 7) is 0. The van der Waals surface area contributed by atoms with Gasteiger partial charge >= 0.3 is 0 Å². The molecule has 0 spiro atoms. The van der Waals surface area contributed by atoms with E-state index in [-0.39, 0.29) is 5.91 Å². The Morgan fingerprint density at radius 2 is 1.95 bits per heavy atom. The smallest absolute Gasteiger partial charge is 0.255 e. The molecule has 1 amide bonds. The Balaban J connectivity index is 1.88. The third-order valence-electron chi connectivity index (χ3n) is 2.97. The highest BCUT2D eigenvalue weighted by Gasteiger charge is 2.07. The highest BCUT2D eigenvalue weighted by atomic mass is 32.1. The molecule has 0 radical (unpaired) electrons. The van der Waals surface area contributed by atoms with E-state index in [1.807, 2.05) is 36.4 Å². The summed E-state index contributed by atoms with van der Waals surface area (Å²) in [5, 5.41) is 3.86. The van der Waals surface area contributed by atoms with Crippen LogP contribution in [0.25, 0.3) is 10.9 Å². The van der Waals surface area contributed by atoms with Crippen molar-refractivity contribution in [1.82, 2.24) is 4.98 Å². The average Bonchev–Trinajstić information content (AvgIpc) is 2.47. The van der Waals surface area contributed by atoms with Crippen LogP contribution in [0.2, 0.25) is 0 Å². The van der Waals surface area contributed by atoms with Crippen molar-refractivity contribution in [2.45, 2.75) is 4.90 Å². The number of hydrogen-bond donors (Lipinski definition) is 2. The zero-order chi connectivity index (χ0) is 13.9. The molecular formula is C16H12N2OS.